The number of nitrogens with zero attached hydrogens (tertiary/aromatic N) is 2. The molecule has 0 aliphatic heterocycles. The van der Waals surface area contributed by atoms with Gasteiger partial charge in [-0.1, -0.05) is 59.6 Å². The Bertz CT molecular complexity index is 826. The fourth-order valence-corrected chi connectivity index (χ4v) is 2.85. The maximum Gasteiger partial charge on any atom is 0.229 e. The molecule has 6 heteroatoms. The largest absolute Gasteiger partial charge is 0.309 e. The first kappa shape index (κ1) is 16.6. The van der Waals surface area contributed by atoms with Crippen LogP contribution >= 0.6 is 23.2 Å². The van der Waals surface area contributed by atoms with Gasteiger partial charge >= 0.3 is 0 Å². The number of aromatic nitrogens is 2. The van der Waals surface area contributed by atoms with Gasteiger partial charge in [-0.25, -0.2) is 0 Å². The number of benzene rings is 2. The molecule has 122 valence electrons. The molecule has 2 aromatic carbocycles. The zero-order valence-electron chi connectivity index (χ0n) is 12.7. The lowest BCUT2D eigenvalue weighted by atomic mass is 10.1. The van der Waals surface area contributed by atoms with Gasteiger partial charge in [0, 0.05) is 27.9 Å². The number of carbonyl (C=O) groups excluding carboxylic acids is 1. The fourth-order valence-electron chi connectivity index (χ4n) is 2.33. The molecule has 0 saturated heterocycles. The first-order valence-electron chi connectivity index (χ1n) is 7.42. The van der Waals surface area contributed by atoms with Gasteiger partial charge in [0.15, 0.2) is 5.82 Å². The molecule has 3 rings (SSSR count). The van der Waals surface area contributed by atoms with Crippen molar-refractivity contribution in [3.63, 3.8) is 0 Å². The number of hydrogen-bond acceptors (Lipinski definition) is 2. The lowest BCUT2D eigenvalue weighted by Crippen LogP contribution is -2.15. The molecule has 0 fully saturated rings. The number of carbonyl (C=O) groups is 1. The molecule has 0 atom stereocenters. The number of rotatable bonds is 5. The van der Waals surface area contributed by atoms with Crippen LogP contribution in [0.3, 0.4) is 0 Å². The van der Waals surface area contributed by atoms with Crippen LogP contribution < -0.4 is 5.32 Å². The van der Waals surface area contributed by atoms with Crippen molar-refractivity contribution >= 4 is 34.9 Å². The minimum atomic E-state index is -0.109. The third-order valence-electron chi connectivity index (χ3n) is 3.50. The Morgan fingerprint density at radius 2 is 1.71 bits per heavy atom. The Kier molecular flexibility index (Phi) is 5.18. The van der Waals surface area contributed by atoms with Crippen molar-refractivity contribution in [1.29, 1.82) is 0 Å². The number of anilines is 1. The van der Waals surface area contributed by atoms with Gasteiger partial charge in [-0.3, -0.25) is 9.48 Å². The molecule has 0 bridgehead atoms. The van der Waals surface area contributed by atoms with Gasteiger partial charge in [0.2, 0.25) is 5.91 Å². The summed E-state index contributed by atoms with van der Waals surface area (Å²) in [5.41, 5.74) is 1.75. The first-order valence-corrected chi connectivity index (χ1v) is 8.17. The van der Waals surface area contributed by atoms with Crippen LogP contribution in [0.2, 0.25) is 10.0 Å². The molecule has 1 aromatic heterocycles. The normalized spacial score (nSPS) is 10.6. The van der Waals surface area contributed by atoms with E-state index in [1.54, 1.807) is 35.1 Å². The van der Waals surface area contributed by atoms with E-state index in [0.717, 1.165) is 11.1 Å². The predicted molar refractivity (Wildman–Crippen MR) is 96.6 cm³/mol. The SMILES string of the molecule is O=C(Cc1ccccc1)Nc1ccn(Cc2c(Cl)cccc2Cl)n1. The summed E-state index contributed by atoms with van der Waals surface area (Å²) in [7, 11) is 0. The van der Waals surface area contributed by atoms with Crippen molar-refractivity contribution in [3.8, 4) is 0 Å². The summed E-state index contributed by atoms with van der Waals surface area (Å²) in [4.78, 5) is 12.1. The predicted octanol–water partition coefficient (Wildman–Crippen LogP) is 4.42. The topological polar surface area (TPSA) is 46.9 Å². The zero-order chi connectivity index (χ0) is 16.9. The van der Waals surface area contributed by atoms with Crippen molar-refractivity contribution in [2.45, 2.75) is 13.0 Å². The van der Waals surface area contributed by atoms with E-state index in [4.69, 9.17) is 23.2 Å². The highest BCUT2D eigenvalue weighted by atomic mass is 35.5. The quantitative estimate of drug-likeness (QED) is 0.732. The smallest absolute Gasteiger partial charge is 0.229 e. The van der Waals surface area contributed by atoms with E-state index < -0.39 is 0 Å². The highest BCUT2D eigenvalue weighted by Crippen LogP contribution is 2.25. The van der Waals surface area contributed by atoms with Crippen molar-refractivity contribution in [2.24, 2.45) is 0 Å². The van der Waals surface area contributed by atoms with Crippen LogP contribution in [0.5, 0.6) is 0 Å². The van der Waals surface area contributed by atoms with Crippen LogP contribution in [0, 0.1) is 0 Å². The van der Waals surface area contributed by atoms with Crippen LogP contribution in [0.4, 0.5) is 5.82 Å². The molecule has 24 heavy (non-hydrogen) atoms. The molecule has 0 aliphatic rings. The molecule has 0 saturated carbocycles. The van der Waals surface area contributed by atoms with Gasteiger partial charge in [0.05, 0.1) is 13.0 Å². The minimum Gasteiger partial charge on any atom is -0.309 e. The first-order chi connectivity index (χ1) is 11.6. The summed E-state index contributed by atoms with van der Waals surface area (Å²) in [6.07, 6.45) is 2.09. The summed E-state index contributed by atoms with van der Waals surface area (Å²) < 4.78 is 1.69. The number of nitrogens with one attached hydrogen (secondary N) is 1. The lowest BCUT2D eigenvalue weighted by molar-refractivity contribution is -0.115. The summed E-state index contributed by atoms with van der Waals surface area (Å²) in [6.45, 7) is 0.438. The molecule has 1 N–H and O–H groups in total. The molecule has 0 radical (unpaired) electrons. The van der Waals surface area contributed by atoms with Crippen molar-refractivity contribution in [3.05, 3.63) is 82.0 Å². The fraction of sp³-hybridized carbons (Fsp3) is 0.111. The third-order valence-corrected chi connectivity index (χ3v) is 4.21. The minimum absolute atomic E-state index is 0.109. The summed E-state index contributed by atoms with van der Waals surface area (Å²) in [6, 6.07) is 16.7. The second kappa shape index (κ2) is 7.51. The Morgan fingerprint density at radius 3 is 2.42 bits per heavy atom. The van der Waals surface area contributed by atoms with E-state index in [0.29, 0.717) is 28.8 Å². The Hall–Kier alpha value is -2.30. The van der Waals surface area contributed by atoms with E-state index >= 15 is 0 Å². The summed E-state index contributed by atoms with van der Waals surface area (Å²) >= 11 is 12.3. The highest BCUT2D eigenvalue weighted by Gasteiger charge is 2.09. The molecule has 0 unspecified atom stereocenters. The zero-order valence-corrected chi connectivity index (χ0v) is 14.3. The maximum absolute atomic E-state index is 12.1. The summed E-state index contributed by atoms with van der Waals surface area (Å²) in [5.74, 6) is 0.390. The van der Waals surface area contributed by atoms with Gasteiger partial charge in [0.25, 0.3) is 0 Å². The maximum atomic E-state index is 12.1. The summed E-state index contributed by atoms with van der Waals surface area (Å²) in [5, 5.41) is 8.31. The number of halogens is 2. The monoisotopic (exact) mass is 359 g/mol. The van der Waals surface area contributed by atoms with E-state index in [-0.39, 0.29) is 5.91 Å². The Balaban J connectivity index is 1.64. The van der Waals surface area contributed by atoms with Crippen LogP contribution in [0.25, 0.3) is 0 Å². The molecule has 3 aromatic rings. The van der Waals surface area contributed by atoms with Crippen LogP contribution in [0.15, 0.2) is 60.8 Å². The Morgan fingerprint density at radius 1 is 1.00 bits per heavy atom. The van der Waals surface area contributed by atoms with E-state index in [1.165, 1.54) is 0 Å². The Labute approximate surface area is 150 Å². The molecule has 4 nitrogen and oxygen atoms in total. The number of amides is 1. The van der Waals surface area contributed by atoms with Gasteiger partial charge in [0.1, 0.15) is 0 Å². The van der Waals surface area contributed by atoms with E-state index in [2.05, 4.69) is 10.4 Å². The van der Waals surface area contributed by atoms with E-state index in [9.17, 15) is 4.79 Å². The average molecular weight is 360 g/mol. The average Bonchev–Trinajstić information content (AvgIpc) is 2.99. The van der Waals surface area contributed by atoms with Crippen molar-refractivity contribution < 1.29 is 4.79 Å². The van der Waals surface area contributed by atoms with Gasteiger partial charge in [-0.2, -0.15) is 5.10 Å². The van der Waals surface area contributed by atoms with E-state index in [1.807, 2.05) is 30.3 Å². The molecular formula is C18H15Cl2N3O. The third kappa shape index (κ3) is 4.16. The van der Waals surface area contributed by atoms with Crippen LogP contribution in [-0.2, 0) is 17.8 Å². The van der Waals surface area contributed by atoms with Gasteiger partial charge in [-0.15, -0.1) is 0 Å². The molecule has 0 aliphatic carbocycles. The van der Waals surface area contributed by atoms with Crippen LogP contribution in [0.1, 0.15) is 11.1 Å². The van der Waals surface area contributed by atoms with Crippen molar-refractivity contribution in [2.75, 3.05) is 5.32 Å². The van der Waals surface area contributed by atoms with Gasteiger partial charge < -0.3 is 5.32 Å². The van der Waals surface area contributed by atoms with Gasteiger partial charge in [-0.05, 0) is 17.7 Å². The van der Waals surface area contributed by atoms with Crippen LogP contribution in [-0.4, -0.2) is 15.7 Å². The molecule has 1 amide bonds. The second-order valence-electron chi connectivity index (χ2n) is 5.31. The number of hydrogen-bond donors (Lipinski definition) is 1. The standard InChI is InChI=1S/C18H15Cl2N3O/c19-15-7-4-8-16(20)14(15)12-23-10-9-17(22-23)21-18(24)11-13-5-2-1-3-6-13/h1-10H,11-12H2,(H,21,22,24). The van der Waals surface area contributed by atoms with Crippen molar-refractivity contribution in [1.82, 2.24) is 9.78 Å². The molecular weight excluding hydrogens is 345 g/mol. The second-order valence-corrected chi connectivity index (χ2v) is 6.12. The molecule has 0 spiro atoms. The lowest BCUT2D eigenvalue weighted by Gasteiger charge is -2.07. The molecule has 1 heterocycles. The highest BCUT2D eigenvalue weighted by molar-refractivity contribution is 6.35.